The SMILES string of the molecule is CC1=C(c2ccc(O)cc2)CC=C1. The van der Waals surface area contributed by atoms with Gasteiger partial charge in [-0.15, -0.1) is 0 Å². The van der Waals surface area contributed by atoms with Crippen molar-refractivity contribution in [2.45, 2.75) is 13.3 Å². The molecule has 1 N–H and O–H groups in total. The van der Waals surface area contributed by atoms with Crippen LogP contribution < -0.4 is 0 Å². The Kier molecular flexibility index (Phi) is 1.93. The van der Waals surface area contributed by atoms with Gasteiger partial charge >= 0.3 is 0 Å². The summed E-state index contributed by atoms with van der Waals surface area (Å²) >= 11 is 0. The third-order valence-electron chi connectivity index (χ3n) is 2.38. The highest BCUT2D eigenvalue weighted by molar-refractivity contribution is 5.74. The molecule has 1 heteroatoms. The second-order valence-electron chi connectivity index (χ2n) is 3.31. The van der Waals surface area contributed by atoms with Crippen LogP contribution in [0.3, 0.4) is 0 Å². The summed E-state index contributed by atoms with van der Waals surface area (Å²) in [6.07, 6.45) is 5.32. The number of rotatable bonds is 1. The third-order valence-corrected chi connectivity index (χ3v) is 2.38. The molecule has 1 nitrogen and oxygen atoms in total. The average Bonchev–Trinajstić information content (AvgIpc) is 2.53. The van der Waals surface area contributed by atoms with Gasteiger partial charge in [0, 0.05) is 0 Å². The second-order valence-corrected chi connectivity index (χ2v) is 3.31. The van der Waals surface area contributed by atoms with Gasteiger partial charge in [0.25, 0.3) is 0 Å². The maximum absolute atomic E-state index is 9.13. The summed E-state index contributed by atoms with van der Waals surface area (Å²) in [4.78, 5) is 0. The highest BCUT2D eigenvalue weighted by Crippen LogP contribution is 2.29. The van der Waals surface area contributed by atoms with Crippen LogP contribution >= 0.6 is 0 Å². The molecule has 0 aliphatic heterocycles. The van der Waals surface area contributed by atoms with Crippen LogP contribution in [-0.4, -0.2) is 5.11 Å². The highest BCUT2D eigenvalue weighted by Gasteiger charge is 2.06. The van der Waals surface area contributed by atoms with E-state index in [0.29, 0.717) is 5.75 Å². The number of aromatic hydroxyl groups is 1. The summed E-state index contributed by atoms with van der Waals surface area (Å²) in [5.41, 5.74) is 3.89. The van der Waals surface area contributed by atoms with E-state index in [4.69, 9.17) is 5.11 Å². The highest BCUT2D eigenvalue weighted by atomic mass is 16.3. The van der Waals surface area contributed by atoms with Gasteiger partial charge in [-0.1, -0.05) is 24.3 Å². The van der Waals surface area contributed by atoms with Crippen molar-refractivity contribution in [1.29, 1.82) is 0 Å². The molecule has 1 aromatic carbocycles. The summed E-state index contributed by atoms with van der Waals surface area (Å²) < 4.78 is 0. The normalized spacial score (nSPS) is 15.5. The van der Waals surface area contributed by atoms with Crippen LogP contribution in [0.25, 0.3) is 5.57 Å². The number of phenols is 1. The standard InChI is InChI=1S/C12H12O/c1-9-3-2-4-12(9)10-5-7-11(13)8-6-10/h2-3,5-8,13H,4H2,1H3. The fourth-order valence-electron chi connectivity index (χ4n) is 1.62. The van der Waals surface area contributed by atoms with E-state index in [-0.39, 0.29) is 0 Å². The lowest BCUT2D eigenvalue weighted by Crippen LogP contribution is -1.81. The predicted octanol–water partition coefficient (Wildman–Crippen LogP) is 3.13. The van der Waals surface area contributed by atoms with Crippen LogP contribution in [0.5, 0.6) is 5.75 Å². The molecule has 1 aromatic rings. The van der Waals surface area contributed by atoms with Crippen molar-refractivity contribution in [2.75, 3.05) is 0 Å². The van der Waals surface area contributed by atoms with Crippen molar-refractivity contribution >= 4 is 5.57 Å². The van der Waals surface area contributed by atoms with Gasteiger partial charge in [0.15, 0.2) is 0 Å². The first-order valence-corrected chi connectivity index (χ1v) is 4.43. The molecular formula is C12H12O. The molecule has 0 saturated heterocycles. The summed E-state index contributed by atoms with van der Waals surface area (Å²) in [6, 6.07) is 7.38. The van der Waals surface area contributed by atoms with E-state index in [0.717, 1.165) is 6.42 Å². The Hall–Kier alpha value is -1.50. The van der Waals surface area contributed by atoms with Crippen molar-refractivity contribution < 1.29 is 5.11 Å². The lowest BCUT2D eigenvalue weighted by atomic mass is 10.0. The molecule has 0 radical (unpaired) electrons. The van der Waals surface area contributed by atoms with Gasteiger partial charge in [-0.25, -0.2) is 0 Å². The van der Waals surface area contributed by atoms with E-state index in [1.807, 2.05) is 12.1 Å². The third kappa shape index (κ3) is 1.50. The first kappa shape index (κ1) is 8.11. The Bertz CT molecular complexity index is 369. The van der Waals surface area contributed by atoms with Gasteiger partial charge in [0.1, 0.15) is 5.75 Å². The fraction of sp³-hybridized carbons (Fsp3) is 0.167. The molecule has 66 valence electrons. The molecule has 0 unspecified atom stereocenters. The van der Waals surface area contributed by atoms with Gasteiger partial charge < -0.3 is 5.11 Å². The van der Waals surface area contributed by atoms with Gasteiger partial charge in [-0.2, -0.15) is 0 Å². The molecule has 0 bridgehead atoms. The van der Waals surface area contributed by atoms with Crippen LogP contribution in [0.4, 0.5) is 0 Å². The summed E-state index contributed by atoms with van der Waals surface area (Å²) in [5, 5.41) is 9.13. The second kappa shape index (κ2) is 3.09. The fourth-order valence-corrected chi connectivity index (χ4v) is 1.62. The minimum atomic E-state index is 0.327. The Labute approximate surface area is 78.0 Å². The van der Waals surface area contributed by atoms with E-state index in [1.54, 1.807) is 12.1 Å². The zero-order valence-electron chi connectivity index (χ0n) is 7.62. The largest absolute Gasteiger partial charge is 0.508 e. The molecule has 0 spiro atoms. The lowest BCUT2D eigenvalue weighted by Gasteiger charge is -2.03. The maximum atomic E-state index is 9.13. The first-order valence-electron chi connectivity index (χ1n) is 4.43. The molecule has 0 amide bonds. The predicted molar refractivity (Wildman–Crippen MR) is 54.5 cm³/mol. The summed E-state index contributed by atoms with van der Waals surface area (Å²) in [7, 11) is 0. The topological polar surface area (TPSA) is 20.2 Å². The molecule has 0 heterocycles. The number of allylic oxidation sites excluding steroid dienone is 4. The molecule has 1 aliphatic rings. The number of hydrogen-bond acceptors (Lipinski definition) is 1. The molecule has 0 saturated carbocycles. The van der Waals surface area contributed by atoms with Gasteiger partial charge in [-0.3, -0.25) is 0 Å². The molecule has 0 aromatic heterocycles. The summed E-state index contributed by atoms with van der Waals surface area (Å²) in [5.74, 6) is 0.327. The van der Waals surface area contributed by atoms with Crippen molar-refractivity contribution in [3.63, 3.8) is 0 Å². The average molecular weight is 172 g/mol. The van der Waals surface area contributed by atoms with E-state index >= 15 is 0 Å². The Balaban J connectivity index is 2.37. The molecule has 2 rings (SSSR count). The molecule has 13 heavy (non-hydrogen) atoms. The van der Waals surface area contributed by atoms with E-state index in [9.17, 15) is 0 Å². The van der Waals surface area contributed by atoms with Crippen molar-refractivity contribution in [1.82, 2.24) is 0 Å². The van der Waals surface area contributed by atoms with Crippen molar-refractivity contribution in [2.24, 2.45) is 0 Å². The minimum Gasteiger partial charge on any atom is -0.508 e. The smallest absolute Gasteiger partial charge is 0.115 e. The molecular weight excluding hydrogens is 160 g/mol. The molecule has 1 aliphatic carbocycles. The van der Waals surface area contributed by atoms with Crippen LogP contribution in [0.2, 0.25) is 0 Å². The van der Waals surface area contributed by atoms with Crippen molar-refractivity contribution in [3.8, 4) is 5.75 Å². The lowest BCUT2D eigenvalue weighted by molar-refractivity contribution is 0.475. The quantitative estimate of drug-likeness (QED) is 0.690. The maximum Gasteiger partial charge on any atom is 0.115 e. The van der Waals surface area contributed by atoms with Gasteiger partial charge in [0.2, 0.25) is 0 Å². The van der Waals surface area contributed by atoms with E-state index in [1.165, 1.54) is 16.7 Å². The van der Waals surface area contributed by atoms with Crippen LogP contribution in [0, 0.1) is 0 Å². The number of benzene rings is 1. The molecule has 0 atom stereocenters. The monoisotopic (exact) mass is 172 g/mol. The number of hydrogen-bond donors (Lipinski definition) is 1. The van der Waals surface area contributed by atoms with Crippen molar-refractivity contribution in [3.05, 3.63) is 47.6 Å². The zero-order chi connectivity index (χ0) is 9.26. The summed E-state index contributed by atoms with van der Waals surface area (Å²) in [6.45, 7) is 2.12. The first-order chi connectivity index (χ1) is 6.27. The van der Waals surface area contributed by atoms with Crippen LogP contribution in [0.15, 0.2) is 42.0 Å². The number of phenolic OH excluding ortho intramolecular Hbond substituents is 1. The van der Waals surface area contributed by atoms with E-state index < -0.39 is 0 Å². The Morgan fingerprint density at radius 3 is 2.38 bits per heavy atom. The minimum absolute atomic E-state index is 0.327. The Morgan fingerprint density at radius 2 is 1.85 bits per heavy atom. The Morgan fingerprint density at radius 1 is 1.15 bits per heavy atom. The molecule has 0 fully saturated rings. The van der Waals surface area contributed by atoms with Gasteiger partial charge in [0.05, 0.1) is 0 Å². The zero-order valence-corrected chi connectivity index (χ0v) is 7.62. The van der Waals surface area contributed by atoms with Crippen LogP contribution in [0.1, 0.15) is 18.9 Å². The van der Waals surface area contributed by atoms with Crippen LogP contribution in [-0.2, 0) is 0 Å². The van der Waals surface area contributed by atoms with Gasteiger partial charge in [-0.05, 0) is 42.2 Å². The van der Waals surface area contributed by atoms with E-state index in [2.05, 4.69) is 19.1 Å².